The third-order valence-corrected chi connectivity index (χ3v) is 3.50. The quantitative estimate of drug-likeness (QED) is 0.215. The van der Waals surface area contributed by atoms with Gasteiger partial charge in [-0.15, -0.1) is 0 Å². The molecule has 0 aromatic carbocycles. The number of aromatic amines is 1. The maximum Gasteiger partial charge on any atom is 0.188 e. The summed E-state index contributed by atoms with van der Waals surface area (Å²) in [6.07, 6.45) is 4.61. The molecule has 4 N–H and O–H groups in total. The van der Waals surface area contributed by atoms with Crippen molar-refractivity contribution in [2.45, 2.75) is 9.92 Å². The largest absolute Gasteiger partial charge is 0.409 e. The zero-order valence-electron chi connectivity index (χ0n) is 10.1. The summed E-state index contributed by atoms with van der Waals surface area (Å²) in [5.41, 5.74) is 7.28. The predicted octanol–water partition coefficient (Wildman–Crippen LogP) is 0.994. The summed E-state index contributed by atoms with van der Waals surface area (Å²) < 4.78 is 0. The molecule has 20 heavy (non-hydrogen) atoms. The van der Waals surface area contributed by atoms with Crippen LogP contribution in [-0.2, 0) is 0 Å². The fourth-order valence-corrected chi connectivity index (χ4v) is 2.47. The van der Waals surface area contributed by atoms with E-state index in [4.69, 9.17) is 10.9 Å². The van der Waals surface area contributed by atoms with Gasteiger partial charge in [-0.25, -0.2) is 15.0 Å². The molecule has 0 radical (unpaired) electrons. The van der Waals surface area contributed by atoms with Crippen molar-refractivity contribution < 1.29 is 5.21 Å². The Morgan fingerprint density at radius 2 is 2.20 bits per heavy atom. The lowest BCUT2D eigenvalue weighted by molar-refractivity contribution is 0.318. The van der Waals surface area contributed by atoms with Gasteiger partial charge in [-0.2, -0.15) is 0 Å². The van der Waals surface area contributed by atoms with Gasteiger partial charge in [-0.05, 0) is 12.1 Å². The number of aromatic nitrogens is 5. The van der Waals surface area contributed by atoms with E-state index >= 15 is 0 Å². The van der Waals surface area contributed by atoms with Crippen LogP contribution in [0.4, 0.5) is 0 Å². The summed E-state index contributed by atoms with van der Waals surface area (Å²) in [5, 5.41) is 12.3. The van der Waals surface area contributed by atoms with Gasteiger partial charge < -0.3 is 15.9 Å². The van der Waals surface area contributed by atoms with Crippen LogP contribution < -0.4 is 5.73 Å². The normalized spacial score (nSPS) is 11.9. The summed E-state index contributed by atoms with van der Waals surface area (Å²) >= 11 is 1.41. The van der Waals surface area contributed by atoms with Crippen molar-refractivity contribution in [3.8, 4) is 0 Å². The van der Waals surface area contributed by atoms with Crippen LogP contribution in [0.3, 0.4) is 0 Å². The first-order valence-corrected chi connectivity index (χ1v) is 6.35. The monoisotopic (exact) mass is 287 g/mol. The summed E-state index contributed by atoms with van der Waals surface area (Å²) in [6, 6.07) is 3.52. The van der Waals surface area contributed by atoms with Crippen LogP contribution in [0.2, 0.25) is 0 Å². The molecule has 0 fully saturated rings. The van der Waals surface area contributed by atoms with Crippen LogP contribution in [0.5, 0.6) is 0 Å². The van der Waals surface area contributed by atoms with Crippen molar-refractivity contribution in [2.24, 2.45) is 10.9 Å². The molecule has 8 nitrogen and oxygen atoms in total. The molecule has 3 aromatic heterocycles. The highest BCUT2D eigenvalue weighted by atomic mass is 32.2. The second-order valence-corrected chi connectivity index (χ2v) is 4.81. The number of imidazole rings is 1. The molecule has 0 unspecified atom stereocenters. The SMILES string of the molecule is NC(=NO)c1cc(Sc2ncnc3nc[nH]c23)ccn1. The Kier molecular flexibility index (Phi) is 3.17. The van der Waals surface area contributed by atoms with Gasteiger partial charge in [0.2, 0.25) is 0 Å². The first-order valence-electron chi connectivity index (χ1n) is 5.54. The number of pyridine rings is 1. The fraction of sp³-hybridized carbons (Fsp3) is 0. The van der Waals surface area contributed by atoms with E-state index in [0.717, 1.165) is 15.4 Å². The van der Waals surface area contributed by atoms with Crippen LogP contribution >= 0.6 is 11.8 Å². The maximum atomic E-state index is 8.66. The molecule has 0 atom stereocenters. The summed E-state index contributed by atoms with van der Waals surface area (Å²) in [6.45, 7) is 0. The van der Waals surface area contributed by atoms with Crippen LogP contribution in [-0.4, -0.2) is 36.0 Å². The van der Waals surface area contributed by atoms with Crippen molar-refractivity contribution in [1.82, 2.24) is 24.9 Å². The molecule has 0 aliphatic rings. The van der Waals surface area contributed by atoms with Crippen molar-refractivity contribution in [3.05, 3.63) is 36.7 Å². The highest BCUT2D eigenvalue weighted by molar-refractivity contribution is 7.99. The number of nitrogens with two attached hydrogens (primary N) is 1. The number of H-pyrrole nitrogens is 1. The minimum Gasteiger partial charge on any atom is -0.409 e. The van der Waals surface area contributed by atoms with E-state index in [0.29, 0.717) is 11.3 Å². The zero-order valence-corrected chi connectivity index (χ0v) is 10.9. The van der Waals surface area contributed by atoms with Gasteiger partial charge in [0.25, 0.3) is 0 Å². The Bertz CT molecular complexity index is 785. The molecule has 0 spiro atoms. The average molecular weight is 287 g/mol. The molecule has 0 saturated heterocycles. The lowest BCUT2D eigenvalue weighted by atomic mass is 10.3. The third kappa shape index (κ3) is 2.26. The lowest BCUT2D eigenvalue weighted by Gasteiger charge is -2.03. The first-order chi connectivity index (χ1) is 9.78. The van der Waals surface area contributed by atoms with E-state index in [9.17, 15) is 0 Å². The Balaban J connectivity index is 1.97. The Labute approximate surface area is 117 Å². The van der Waals surface area contributed by atoms with Crippen molar-refractivity contribution >= 4 is 28.8 Å². The van der Waals surface area contributed by atoms with Gasteiger partial charge in [0.1, 0.15) is 22.6 Å². The second kappa shape index (κ2) is 5.13. The number of oxime groups is 1. The zero-order chi connectivity index (χ0) is 13.9. The molecule has 3 heterocycles. The molecule has 0 bridgehead atoms. The number of nitrogens with zero attached hydrogens (tertiary/aromatic N) is 5. The standard InChI is InChI=1S/C11H9N7OS/c12-9(18-19)7-3-6(1-2-13-7)20-11-8-10(15-4-14-8)16-5-17-11/h1-5,19H,(H2,12,18)(H,14,15,16,17). The molecule has 100 valence electrons. The predicted molar refractivity (Wildman–Crippen MR) is 72.6 cm³/mol. The Hall–Kier alpha value is -2.68. The highest BCUT2D eigenvalue weighted by Gasteiger charge is 2.09. The van der Waals surface area contributed by atoms with Gasteiger partial charge in [0.15, 0.2) is 11.5 Å². The van der Waals surface area contributed by atoms with E-state index < -0.39 is 0 Å². The van der Waals surface area contributed by atoms with Crippen LogP contribution in [0.1, 0.15) is 5.69 Å². The minimum absolute atomic E-state index is 0.0400. The van der Waals surface area contributed by atoms with Gasteiger partial charge in [-0.3, -0.25) is 4.98 Å². The number of fused-ring (bicyclic) bond motifs is 1. The summed E-state index contributed by atoms with van der Waals surface area (Å²) in [7, 11) is 0. The van der Waals surface area contributed by atoms with E-state index in [2.05, 4.69) is 30.1 Å². The summed E-state index contributed by atoms with van der Waals surface area (Å²) in [4.78, 5) is 20.2. The molecule has 9 heteroatoms. The van der Waals surface area contributed by atoms with Crippen LogP contribution in [0.15, 0.2) is 46.1 Å². The Morgan fingerprint density at radius 1 is 1.30 bits per heavy atom. The molecule has 0 aliphatic carbocycles. The Morgan fingerprint density at radius 3 is 3.05 bits per heavy atom. The van der Waals surface area contributed by atoms with E-state index in [-0.39, 0.29) is 5.84 Å². The lowest BCUT2D eigenvalue weighted by Crippen LogP contribution is -2.14. The number of rotatable bonds is 3. The smallest absolute Gasteiger partial charge is 0.188 e. The third-order valence-electron chi connectivity index (χ3n) is 2.50. The van der Waals surface area contributed by atoms with Gasteiger partial charge in [0.05, 0.1) is 6.33 Å². The number of amidine groups is 1. The molecule has 3 aromatic rings. The highest BCUT2D eigenvalue weighted by Crippen LogP contribution is 2.29. The van der Waals surface area contributed by atoms with E-state index in [1.54, 1.807) is 18.6 Å². The number of hydrogen-bond donors (Lipinski definition) is 3. The second-order valence-electron chi connectivity index (χ2n) is 3.74. The fourth-order valence-electron chi connectivity index (χ4n) is 1.60. The number of hydrogen-bond acceptors (Lipinski definition) is 7. The number of nitrogens with one attached hydrogen (secondary N) is 1. The average Bonchev–Trinajstić information content (AvgIpc) is 2.96. The molecule has 0 aliphatic heterocycles. The first kappa shape index (κ1) is 12.4. The van der Waals surface area contributed by atoms with Crippen molar-refractivity contribution in [2.75, 3.05) is 0 Å². The topological polar surface area (TPSA) is 126 Å². The molecular weight excluding hydrogens is 278 g/mol. The molecule has 0 saturated carbocycles. The molecular formula is C11H9N7OS. The van der Waals surface area contributed by atoms with Gasteiger partial charge in [0, 0.05) is 11.1 Å². The maximum absolute atomic E-state index is 8.66. The van der Waals surface area contributed by atoms with E-state index in [1.807, 2.05) is 6.07 Å². The van der Waals surface area contributed by atoms with Gasteiger partial charge >= 0.3 is 0 Å². The van der Waals surface area contributed by atoms with Gasteiger partial charge in [-0.1, -0.05) is 16.9 Å². The molecule has 0 amide bonds. The van der Waals surface area contributed by atoms with Crippen molar-refractivity contribution in [1.29, 1.82) is 0 Å². The van der Waals surface area contributed by atoms with Crippen LogP contribution in [0.25, 0.3) is 11.2 Å². The van der Waals surface area contributed by atoms with E-state index in [1.165, 1.54) is 18.1 Å². The van der Waals surface area contributed by atoms with Crippen molar-refractivity contribution in [3.63, 3.8) is 0 Å². The van der Waals surface area contributed by atoms with Crippen LogP contribution in [0, 0.1) is 0 Å². The molecule has 3 rings (SSSR count). The summed E-state index contributed by atoms with van der Waals surface area (Å²) in [5.74, 6) is -0.0400. The minimum atomic E-state index is -0.0400.